The summed E-state index contributed by atoms with van der Waals surface area (Å²) in [6, 6.07) is 50.6. The monoisotopic (exact) mass is 1320 g/mol. The molecule has 2 amide bonds. The molecule has 7 aromatic carbocycles. The number of nitrogens with two attached hydrogens (primary N) is 1. The second-order valence-electron chi connectivity index (χ2n) is 27.3. The van der Waals surface area contributed by atoms with E-state index in [0.29, 0.717) is 59.8 Å². The quantitative estimate of drug-likeness (QED) is 0.0497. The molecule has 2 atom stereocenters. The smallest absolute Gasteiger partial charge is 0.313 e. The van der Waals surface area contributed by atoms with E-state index in [-0.39, 0.29) is 67.4 Å². The highest BCUT2D eigenvalue weighted by Crippen LogP contribution is 2.33. The molecule has 17 heteroatoms. The van der Waals surface area contributed by atoms with E-state index in [1.807, 2.05) is 157 Å². The van der Waals surface area contributed by atoms with E-state index in [0.717, 1.165) is 75.8 Å². The highest BCUT2D eigenvalue weighted by molar-refractivity contribution is 5.87. The number of amides is 2. The molecule has 0 unspecified atom stereocenters. The minimum absolute atomic E-state index is 0.103. The zero-order valence-corrected chi connectivity index (χ0v) is 57.0. The van der Waals surface area contributed by atoms with Crippen LogP contribution >= 0.6 is 0 Å². The largest absolute Gasteiger partial charge is 0.461 e. The van der Waals surface area contributed by atoms with Gasteiger partial charge in [0, 0.05) is 84.3 Å². The van der Waals surface area contributed by atoms with Crippen LogP contribution in [0, 0.1) is 29.4 Å². The molecule has 2 N–H and O–H groups in total. The zero-order valence-electron chi connectivity index (χ0n) is 57.0. The molecular formula is C81H85F2N7O8. The standard InChI is InChI=1S/C45H46FN3O5.C36H39FN4O3/c1-5-9-30-12-16-33(17-13-30)35-20-21-39(40(46)23-35)37-25-47-42(48-26-37)34-18-14-31(15-19-34)22-36(24-41(50)53-29-32-10-7-6-8-11-32)43(51)49-27-38(28-49)44(52)54-45(2,3)4;1-5-6-23-7-11-25(12-8-23)27-15-16-30(31(37)18-27)28-19-39-33(40-20-28)26-13-9-24(10-14-26)17-32(38)34(42)41-21-29(22-41)35(43)44-36(2,3)4/h6-8,10-21,23,25-26,36,38H,5,9,22,24,27-29H2,1-4H3;7-16,18-20,29,32H,5-6,17,21-22,38H2,1-4H3/t36-;32-/m10/s1. The lowest BCUT2D eigenvalue weighted by molar-refractivity contribution is -0.170. The first-order chi connectivity index (χ1) is 47.0. The third kappa shape index (κ3) is 18.9. The Morgan fingerprint density at radius 1 is 0.469 bits per heavy atom. The van der Waals surface area contributed by atoms with Crippen molar-refractivity contribution in [3.8, 4) is 67.3 Å². The van der Waals surface area contributed by atoms with Crippen LogP contribution in [0.25, 0.3) is 67.3 Å². The second-order valence-corrected chi connectivity index (χ2v) is 27.3. The van der Waals surface area contributed by atoms with Crippen LogP contribution in [0.15, 0.2) is 189 Å². The van der Waals surface area contributed by atoms with E-state index in [1.54, 1.807) is 58.9 Å². The maximum absolute atomic E-state index is 15.3. The average Bonchev–Trinajstić information content (AvgIpc) is 0.805. The first-order valence-electron chi connectivity index (χ1n) is 33.6. The van der Waals surface area contributed by atoms with Gasteiger partial charge in [0.15, 0.2) is 11.6 Å². The summed E-state index contributed by atoms with van der Waals surface area (Å²) in [7, 11) is 0. The number of aryl methyl sites for hydroxylation is 2. The van der Waals surface area contributed by atoms with E-state index in [9.17, 15) is 24.0 Å². The lowest BCUT2D eigenvalue weighted by Gasteiger charge is -2.40. The van der Waals surface area contributed by atoms with Gasteiger partial charge in [0.05, 0.1) is 30.2 Å². The van der Waals surface area contributed by atoms with E-state index in [1.165, 1.54) is 11.1 Å². The van der Waals surface area contributed by atoms with Gasteiger partial charge in [-0.15, -0.1) is 0 Å². The summed E-state index contributed by atoms with van der Waals surface area (Å²) in [5.41, 5.74) is 17.3. The highest BCUT2D eigenvalue weighted by Gasteiger charge is 2.42. The van der Waals surface area contributed by atoms with Crippen molar-refractivity contribution in [2.24, 2.45) is 23.5 Å². The molecule has 0 radical (unpaired) electrons. The summed E-state index contributed by atoms with van der Waals surface area (Å²) in [6.07, 6.45) is 11.2. The molecule has 2 aliphatic rings. The van der Waals surface area contributed by atoms with Crippen LogP contribution in [0.1, 0.15) is 102 Å². The molecule has 506 valence electrons. The average molecular weight is 1320 g/mol. The number of carbonyl (C=O) groups excluding carboxylic acids is 5. The van der Waals surface area contributed by atoms with Crippen molar-refractivity contribution in [1.29, 1.82) is 0 Å². The van der Waals surface area contributed by atoms with Crippen LogP contribution in [0.5, 0.6) is 0 Å². The summed E-state index contributed by atoms with van der Waals surface area (Å²) in [5, 5.41) is 0. The summed E-state index contributed by atoms with van der Waals surface area (Å²) < 4.78 is 46.9. The van der Waals surface area contributed by atoms with Gasteiger partial charge in [-0.3, -0.25) is 24.0 Å². The van der Waals surface area contributed by atoms with Crippen LogP contribution in [0.3, 0.4) is 0 Å². The first kappa shape index (κ1) is 70.7. The molecule has 15 nitrogen and oxygen atoms in total. The minimum Gasteiger partial charge on any atom is -0.461 e. The molecule has 4 heterocycles. The lowest BCUT2D eigenvalue weighted by Crippen LogP contribution is -2.58. The number of ether oxygens (including phenoxy) is 3. The number of carbonyl (C=O) groups is 5. The number of rotatable bonds is 22. The Morgan fingerprint density at radius 2 is 0.847 bits per heavy atom. The topological polar surface area (TPSA) is 197 Å². The Bertz CT molecular complexity index is 4210. The van der Waals surface area contributed by atoms with Crippen molar-refractivity contribution in [2.75, 3.05) is 26.2 Å². The predicted octanol–water partition coefficient (Wildman–Crippen LogP) is 14.9. The normalized spacial score (nSPS) is 13.8. The molecule has 2 aliphatic heterocycles. The van der Waals surface area contributed by atoms with Crippen LogP contribution in [0.2, 0.25) is 0 Å². The fourth-order valence-electron chi connectivity index (χ4n) is 11.7. The summed E-state index contributed by atoms with van der Waals surface area (Å²) >= 11 is 0. The Hall–Kier alpha value is -10.1. The van der Waals surface area contributed by atoms with Gasteiger partial charge >= 0.3 is 17.9 Å². The Balaban J connectivity index is 0.000000217. The molecule has 2 saturated heterocycles. The number of halogens is 2. The van der Waals surface area contributed by atoms with E-state index in [4.69, 9.17) is 19.9 Å². The van der Waals surface area contributed by atoms with Gasteiger partial charge in [-0.25, -0.2) is 28.7 Å². The Morgan fingerprint density at radius 3 is 1.24 bits per heavy atom. The van der Waals surface area contributed by atoms with Gasteiger partial charge < -0.3 is 29.7 Å². The van der Waals surface area contributed by atoms with E-state index >= 15 is 8.78 Å². The third-order valence-electron chi connectivity index (χ3n) is 17.1. The van der Waals surface area contributed by atoms with Gasteiger partial charge in [0.2, 0.25) is 11.8 Å². The number of aromatic nitrogens is 4. The number of benzene rings is 7. The van der Waals surface area contributed by atoms with Gasteiger partial charge in [-0.1, -0.05) is 178 Å². The maximum atomic E-state index is 15.3. The number of hydrogen-bond acceptors (Lipinski definition) is 13. The van der Waals surface area contributed by atoms with Gasteiger partial charge in [0.1, 0.15) is 29.4 Å². The first-order valence-corrected chi connectivity index (χ1v) is 33.6. The molecule has 9 aromatic rings. The van der Waals surface area contributed by atoms with Crippen LogP contribution in [-0.4, -0.2) is 103 Å². The predicted molar refractivity (Wildman–Crippen MR) is 376 cm³/mol. The number of hydrogen-bond donors (Lipinski definition) is 1. The highest BCUT2D eigenvalue weighted by atomic mass is 19.1. The van der Waals surface area contributed by atoms with Crippen LogP contribution in [0.4, 0.5) is 8.78 Å². The SMILES string of the molecule is CCCc1ccc(-c2ccc(-c3cnc(-c4ccc(C[C@H](CC(=O)OCc5ccccc5)C(=O)N5CC(C(=O)OC(C)(C)C)C5)cc4)nc3)c(F)c2)cc1.CCCc1ccc(-c2ccc(-c3cnc(-c4ccc(C[C@H](N)C(=O)N5CC(C(=O)OC(C)(C)C)C5)cc4)nc3)c(F)c2)cc1. The van der Waals surface area contributed by atoms with Crippen molar-refractivity contribution >= 4 is 29.7 Å². The number of nitrogens with zero attached hydrogens (tertiary/aromatic N) is 6. The molecule has 2 fully saturated rings. The molecular weight excluding hydrogens is 1240 g/mol. The van der Waals surface area contributed by atoms with E-state index < -0.39 is 35.0 Å². The molecule has 98 heavy (non-hydrogen) atoms. The molecule has 0 bridgehead atoms. The fraction of sp³-hybridized carbons (Fsp3) is 0.321. The second kappa shape index (κ2) is 31.8. The zero-order chi connectivity index (χ0) is 69.7. The van der Waals surface area contributed by atoms with Gasteiger partial charge in [-0.05, 0) is 129 Å². The molecule has 11 rings (SSSR count). The van der Waals surface area contributed by atoms with Crippen LogP contribution in [-0.2, 0) is 70.5 Å². The van der Waals surface area contributed by atoms with Gasteiger partial charge in [0.25, 0.3) is 0 Å². The summed E-state index contributed by atoms with van der Waals surface area (Å²) in [4.78, 5) is 85.4. The summed E-state index contributed by atoms with van der Waals surface area (Å²) in [6.45, 7) is 16.5. The summed E-state index contributed by atoms with van der Waals surface area (Å²) in [5.74, 6) is -2.56. The lowest BCUT2D eigenvalue weighted by atomic mass is 9.91. The molecule has 2 aromatic heterocycles. The molecule has 0 spiro atoms. The Labute approximate surface area is 572 Å². The minimum atomic E-state index is -0.710. The van der Waals surface area contributed by atoms with Gasteiger partial charge in [-0.2, -0.15) is 0 Å². The van der Waals surface area contributed by atoms with Crippen molar-refractivity contribution in [1.82, 2.24) is 29.7 Å². The van der Waals surface area contributed by atoms with Crippen molar-refractivity contribution in [3.63, 3.8) is 0 Å². The van der Waals surface area contributed by atoms with Crippen LogP contribution < -0.4 is 5.73 Å². The van der Waals surface area contributed by atoms with Crippen molar-refractivity contribution < 1.29 is 47.0 Å². The number of likely N-dealkylation sites (tertiary alicyclic amines) is 2. The number of esters is 3. The van der Waals surface area contributed by atoms with Crippen molar-refractivity contribution in [2.45, 2.75) is 124 Å². The van der Waals surface area contributed by atoms with E-state index in [2.05, 4.69) is 58.0 Å². The molecule has 0 aliphatic carbocycles. The maximum Gasteiger partial charge on any atom is 0.313 e. The third-order valence-corrected chi connectivity index (χ3v) is 17.1. The Kier molecular flexibility index (Phi) is 22.9. The van der Waals surface area contributed by atoms with Crippen molar-refractivity contribution in [3.05, 3.63) is 228 Å². The molecule has 0 saturated carbocycles. The fourth-order valence-corrected chi connectivity index (χ4v) is 11.7.